The fourth-order valence-electron chi connectivity index (χ4n) is 4.17. The van der Waals surface area contributed by atoms with Crippen LogP contribution in [0.2, 0.25) is 0 Å². The van der Waals surface area contributed by atoms with E-state index >= 15 is 0 Å². The summed E-state index contributed by atoms with van der Waals surface area (Å²) >= 11 is 0. The Balaban J connectivity index is 1.81. The fourth-order valence-corrected chi connectivity index (χ4v) is 4.17. The van der Waals surface area contributed by atoms with Crippen molar-refractivity contribution in [3.8, 4) is 0 Å². The number of guanidine groups is 1. The van der Waals surface area contributed by atoms with Crippen LogP contribution in [0.5, 0.6) is 0 Å². The van der Waals surface area contributed by atoms with Gasteiger partial charge in [0, 0.05) is 48.4 Å². The van der Waals surface area contributed by atoms with Gasteiger partial charge in [-0.2, -0.15) is 0 Å². The number of nitrogens with zero attached hydrogens (tertiary/aromatic N) is 2. The number of aromatic amines is 2. The van der Waals surface area contributed by atoms with Crippen molar-refractivity contribution >= 4 is 40.6 Å². The molecule has 0 saturated carbocycles. The predicted octanol–water partition coefficient (Wildman–Crippen LogP) is -1.38. The summed E-state index contributed by atoms with van der Waals surface area (Å²) in [6.45, 7) is 1.67. The number of carbonyl (C=O) groups excluding carboxylic acids is 3. The third-order valence-corrected chi connectivity index (χ3v) is 6.32. The number of aromatic nitrogens is 3. The van der Waals surface area contributed by atoms with Gasteiger partial charge in [-0.3, -0.25) is 19.4 Å². The second-order valence-corrected chi connectivity index (χ2v) is 9.60. The zero-order valence-electron chi connectivity index (χ0n) is 22.6. The van der Waals surface area contributed by atoms with Crippen molar-refractivity contribution in [1.29, 1.82) is 0 Å². The average Bonchev–Trinajstić information content (AvgIpc) is 3.59. The van der Waals surface area contributed by atoms with E-state index in [0.717, 1.165) is 16.5 Å². The number of benzene rings is 1. The second kappa shape index (κ2) is 14.5. The van der Waals surface area contributed by atoms with Crippen LogP contribution in [-0.2, 0) is 32.0 Å². The van der Waals surface area contributed by atoms with E-state index in [1.807, 2.05) is 24.3 Å². The van der Waals surface area contributed by atoms with E-state index in [4.69, 9.17) is 17.2 Å². The molecule has 0 radical (unpaired) electrons. The Morgan fingerprint density at radius 1 is 0.976 bits per heavy atom. The Bertz CT molecular complexity index is 1360. The Kier molecular flexibility index (Phi) is 10.8. The number of carbonyl (C=O) groups is 4. The lowest BCUT2D eigenvalue weighted by Gasteiger charge is -2.25. The number of hydrogen-bond acceptors (Lipinski definition) is 7. The normalized spacial score (nSPS) is 13.9. The first-order valence-corrected chi connectivity index (χ1v) is 13.0. The van der Waals surface area contributed by atoms with E-state index in [1.165, 1.54) is 19.4 Å². The van der Waals surface area contributed by atoms with Crippen LogP contribution in [0, 0.1) is 0 Å². The van der Waals surface area contributed by atoms with Crippen LogP contribution in [0.4, 0.5) is 0 Å². The van der Waals surface area contributed by atoms with E-state index in [9.17, 15) is 24.3 Å². The molecule has 4 unspecified atom stereocenters. The van der Waals surface area contributed by atoms with Gasteiger partial charge in [0.1, 0.15) is 18.1 Å². The van der Waals surface area contributed by atoms with Crippen molar-refractivity contribution in [3.63, 3.8) is 0 Å². The monoisotopic (exact) mass is 568 g/mol. The number of imidazole rings is 1. The van der Waals surface area contributed by atoms with Gasteiger partial charge < -0.3 is 48.2 Å². The summed E-state index contributed by atoms with van der Waals surface area (Å²) in [4.78, 5) is 64.9. The molecule has 41 heavy (non-hydrogen) atoms. The molecule has 220 valence electrons. The summed E-state index contributed by atoms with van der Waals surface area (Å²) in [6.07, 6.45) is 5.03. The van der Waals surface area contributed by atoms with Gasteiger partial charge in [0.05, 0.1) is 12.4 Å². The molecule has 15 heteroatoms. The Morgan fingerprint density at radius 3 is 2.32 bits per heavy atom. The van der Waals surface area contributed by atoms with E-state index in [-0.39, 0.29) is 31.8 Å². The van der Waals surface area contributed by atoms with E-state index < -0.39 is 47.9 Å². The molecule has 0 aliphatic carbocycles. The maximum atomic E-state index is 13.5. The van der Waals surface area contributed by atoms with Crippen molar-refractivity contribution in [3.05, 3.63) is 54.2 Å². The first-order valence-electron chi connectivity index (χ1n) is 13.0. The Morgan fingerprint density at radius 2 is 1.66 bits per heavy atom. The average molecular weight is 569 g/mol. The third kappa shape index (κ3) is 9.06. The first kappa shape index (κ1) is 30.6. The molecule has 0 saturated heterocycles. The molecule has 1 aromatic carbocycles. The maximum Gasteiger partial charge on any atom is 0.326 e. The molecule has 2 heterocycles. The lowest BCUT2D eigenvalue weighted by Crippen LogP contribution is -2.57. The number of hydrogen-bond donors (Lipinski definition) is 9. The smallest absolute Gasteiger partial charge is 0.326 e. The highest BCUT2D eigenvalue weighted by Gasteiger charge is 2.30. The van der Waals surface area contributed by atoms with Gasteiger partial charge in [-0.15, -0.1) is 0 Å². The zero-order chi connectivity index (χ0) is 29.9. The minimum absolute atomic E-state index is 0.0522. The van der Waals surface area contributed by atoms with E-state index in [2.05, 4.69) is 35.9 Å². The van der Waals surface area contributed by atoms with Crippen molar-refractivity contribution in [2.45, 2.75) is 56.8 Å². The van der Waals surface area contributed by atoms with Gasteiger partial charge in [-0.1, -0.05) is 18.2 Å². The molecule has 0 bridgehead atoms. The van der Waals surface area contributed by atoms with Gasteiger partial charge in [0.15, 0.2) is 5.96 Å². The number of carboxylic acid groups (broad SMARTS) is 1. The fraction of sp³-hybridized carbons (Fsp3) is 0.385. The topological polar surface area (TPSA) is 259 Å². The molecule has 4 atom stereocenters. The van der Waals surface area contributed by atoms with Crippen LogP contribution in [0.25, 0.3) is 10.9 Å². The third-order valence-electron chi connectivity index (χ3n) is 6.32. The summed E-state index contributed by atoms with van der Waals surface area (Å²) < 4.78 is 0. The largest absolute Gasteiger partial charge is 0.480 e. The highest BCUT2D eigenvalue weighted by Crippen LogP contribution is 2.19. The molecule has 0 aliphatic rings. The van der Waals surface area contributed by atoms with Crippen LogP contribution in [0.15, 0.2) is 48.0 Å². The summed E-state index contributed by atoms with van der Waals surface area (Å²) in [5, 5.41) is 18.4. The van der Waals surface area contributed by atoms with Crippen LogP contribution in [0.3, 0.4) is 0 Å². The number of nitrogens with one attached hydrogen (secondary N) is 5. The minimum atomic E-state index is -1.29. The highest BCUT2D eigenvalue weighted by atomic mass is 16.4. The molecule has 0 spiro atoms. The molecule has 3 rings (SSSR count). The van der Waals surface area contributed by atoms with Crippen LogP contribution >= 0.6 is 0 Å². The SMILES string of the molecule is CC(N)C(=O)NC(Cc1c[nH]c2ccccc12)C(=O)NC(CCCN=C(N)N)C(=O)NC(Cc1cnc[nH]1)C(=O)O. The maximum absolute atomic E-state index is 13.5. The van der Waals surface area contributed by atoms with Gasteiger partial charge in [0.25, 0.3) is 0 Å². The number of aliphatic imine (C=N–C) groups is 1. The summed E-state index contributed by atoms with van der Waals surface area (Å²) in [5.41, 5.74) is 18.6. The minimum Gasteiger partial charge on any atom is -0.480 e. The van der Waals surface area contributed by atoms with Gasteiger partial charge in [-0.05, 0) is 31.4 Å². The van der Waals surface area contributed by atoms with Gasteiger partial charge >= 0.3 is 5.97 Å². The lowest BCUT2D eigenvalue weighted by atomic mass is 10.0. The van der Waals surface area contributed by atoms with Gasteiger partial charge in [0.2, 0.25) is 17.7 Å². The summed E-state index contributed by atoms with van der Waals surface area (Å²) in [5.74, 6) is -3.31. The molecule has 0 fully saturated rings. The zero-order valence-corrected chi connectivity index (χ0v) is 22.6. The van der Waals surface area contributed by atoms with E-state index in [1.54, 1.807) is 6.20 Å². The quantitative estimate of drug-likeness (QED) is 0.0593. The number of carboxylic acids is 1. The number of fused-ring (bicyclic) bond motifs is 1. The molecule has 3 aromatic rings. The summed E-state index contributed by atoms with van der Waals surface area (Å²) in [7, 11) is 0. The van der Waals surface area contributed by atoms with Crippen molar-refractivity contribution in [1.82, 2.24) is 30.9 Å². The second-order valence-electron chi connectivity index (χ2n) is 9.60. The lowest BCUT2D eigenvalue weighted by molar-refractivity contribution is -0.142. The van der Waals surface area contributed by atoms with E-state index in [0.29, 0.717) is 12.1 Å². The molecule has 15 nitrogen and oxygen atoms in total. The van der Waals surface area contributed by atoms with Gasteiger partial charge in [-0.25, -0.2) is 9.78 Å². The van der Waals surface area contributed by atoms with Crippen LogP contribution < -0.4 is 33.2 Å². The molecular weight excluding hydrogens is 532 g/mol. The predicted molar refractivity (Wildman–Crippen MR) is 151 cm³/mol. The number of rotatable bonds is 15. The standard InChI is InChI=1S/C26H36N10O5/c1-14(27)22(37)35-20(9-15-11-32-18-6-3-2-5-17(15)18)24(39)34-19(7-4-8-31-26(28)29)23(38)36-21(25(40)41)10-16-12-30-13-33-16/h2-3,5-6,11-14,19-21,32H,4,7-10,27H2,1H3,(H,30,33)(H,34,39)(H,35,37)(H,36,38)(H,40,41)(H4,28,29,31). The number of para-hydroxylation sites is 1. The molecule has 2 aromatic heterocycles. The van der Waals surface area contributed by atoms with Crippen LogP contribution in [0.1, 0.15) is 31.0 Å². The van der Waals surface area contributed by atoms with Crippen LogP contribution in [-0.4, -0.2) is 80.4 Å². The van der Waals surface area contributed by atoms with Crippen molar-refractivity contribution in [2.75, 3.05) is 6.54 Å². The number of aliphatic carboxylic acids is 1. The molecule has 3 amide bonds. The molecule has 12 N–H and O–H groups in total. The number of nitrogens with two attached hydrogens (primary N) is 3. The number of amides is 3. The summed E-state index contributed by atoms with van der Waals surface area (Å²) in [6, 6.07) is 3.08. The molecule has 0 aliphatic heterocycles. The van der Waals surface area contributed by atoms with Crippen molar-refractivity contribution in [2.24, 2.45) is 22.2 Å². The first-order chi connectivity index (χ1) is 19.5. The molecular formula is C26H36N10O5. The highest BCUT2D eigenvalue weighted by molar-refractivity contribution is 5.94. The Hall–Kier alpha value is -4.92. The number of H-pyrrole nitrogens is 2. The Labute approximate surface area is 235 Å². The van der Waals surface area contributed by atoms with Crippen molar-refractivity contribution < 1.29 is 24.3 Å².